The van der Waals surface area contributed by atoms with Gasteiger partial charge in [0.2, 0.25) is 0 Å². The molecule has 0 saturated heterocycles. The monoisotopic (exact) mass is 183 g/mol. The molecule has 0 aliphatic heterocycles. The smallest absolute Gasteiger partial charge is 0.0195 e. The van der Waals surface area contributed by atoms with Crippen LogP contribution in [-0.2, 0) is 0 Å². The molecule has 0 spiro atoms. The van der Waals surface area contributed by atoms with Crippen LogP contribution in [0.15, 0.2) is 12.3 Å². The van der Waals surface area contributed by atoms with Crippen LogP contribution in [0.1, 0.15) is 41.0 Å². The maximum absolute atomic E-state index is 2.43. The summed E-state index contributed by atoms with van der Waals surface area (Å²) >= 11 is 0. The minimum atomic E-state index is 0.750. The second-order valence-corrected chi connectivity index (χ2v) is 4.53. The Morgan fingerprint density at radius 1 is 1.00 bits per heavy atom. The van der Waals surface area contributed by atoms with E-state index in [9.17, 15) is 0 Å². The second-order valence-electron chi connectivity index (χ2n) is 4.53. The molecule has 0 aliphatic rings. The Morgan fingerprint density at radius 3 is 1.77 bits per heavy atom. The van der Waals surface area contributed by atoms with Gasteiger partial charge in [0.1, 0.15) is 0 Å². The molecule has 0 radical (unpaired) electrons. The van der Waals surface area contributed by atoms with E-state index >= 15 is 0 Å². The van der Waals surface area contributed by atoms with Crippen LogP contribution in [-0.4, -0.2) is 18.0 Å². The fourth-order valence-corrected chi connectivity index (χ4v) is 1.39. The Balaban J connectivity index is 3.95. The van der Waals surface area contributed by atoms with Crippen LogP contribution in [0.25, 0.3) is 0 Å². The molecule has 0 fully saturated rings. The van der Waals surface area contributed by atoms with E-state index in [1.165, 1.54) is 13.1 Å². The summed E-state index contributed by atoms with van der Waals surface area (Å²) in [5.74, 6) is 1.50. The molecule has 0 amide bonds. The minimum absolute atomic E-state index is 0.750. The molecule has 1 nitrogen and oxygen atoms in total. The lowest BCUT2D eigenvalue weighted by Crippen LogP contribution is -2.26. The molecule has 1 heteroatoms. The highest BCUT2D eigenvalue weighted by atomic mass is 15.1. The van der Waals surface area contributed by atoms with Gasteiger partial charge in [-0.3, -0.25) is 0 Å². The van der Waals surface area contributed by atoms with Crippen molar-refractivity contribution < 1.29 is 0 Å². The van der Waals surface area contributed by atoms with Crippen molar-refractivity contribution in [3.05, 3.63) is 12.3 Å². The Labute approximate surface area is 83.8 Å². The highest BCUT2D eigenvalue weighted by Gasteiger charge is 2.04. The maximum atomic E-state index is 2.43. The van der Waals surface area contributed by atoms with Gasteiger partial charge in [0.05, 0.1) is 0 Å². The van der Waals surface area contributed by atoms with Gasteiger partial charge in [0.25, 0.3) is 0 Å². The van der Waals surface area contributed by atoms with E-state index in [4.69, 9.17) is 0 Å². The zero-order chi connectivity index (χ0) is 10.3. The fraction of sp³-hybridized carbons (Fsp3) is 0.833. The van der Waals surface area contributed by atoms with Crippen molar-refractivity contribution in [2.75, 3.05) is 13.1 Å². The Morgan fingerprint density at radius 2 is 1.46 bits per heavy atom. The SMILES string of the molecule is CCC=CN(CC(C)C)CC(C)C. The number of nitrogens with zero attached hydrogens (tertiary/aromatic N) is 1. The van der Waals surface area contributed by atoms with Crippen LogP contribution in [0.4, 0.5) is 0 Å². The highest BCUT2D eigenvalue weighted by Crippen LogP contribution is 2.04. The van der Waals surface area contributed by atoms with Crippen LogP contribution in [0.2, 0.25) is 0 Å². The number of hydrogen-bond donors (Lipinski definition) is 0. The van der Waals surface area contributed by atoms with Gasteiger partial charge in [-0.1, -0.05) is 40.7 Å². The van der Waals surface area contributed by atoms with Gasteiger partial charge in [-0.25, -0.2) is 0 Å². The van der Waals surface area contributed by atoms with Crippen LogP contribution in [0.5, 0.6) is 0 Å². The topological polar surface area (TPSA) is 3.24 Å². The first-order valence-corrected chi connectivity index (χ1v) is 5.47. The highest BCUT2D eigenvalue weighted by molar-refractivity contribution is 4.82. The third-order valence-electron chi connectivity index (χ3n) is 1.75. The number of rotatable bonds is 6. The summed E-state index contributed by atoms with van der Waals surface area (Å²) < 4.78 is 0. The predicted molar refractivity (Wildman–Crippen MR) is 60.7 cm³/mol. The number of allylic oxidation sites excluding steroid dienone is 1. The summed E-state index contributed by atoms with van der Waals surface area (Å²) in [7, 11) is 0. The molecule has 0 aromatic carbocycles. The van der Waals surface area contributed by atoms with Crippen LogP contribution < -0.4 is 0 Å². The van der Waals surface area contributed by atoms with E-state index in [-0.39, 0.29) is 0 Å². The van der Waals surface area contributed by atoms with E-state index < -0.39 is 0 Å². The van der Waals surface area contributed by atoms with Crippen LogP contribution in [0.3, 0.4) is 0 Å². The van der Waals surface area contributed by atoms with Crippen molar-refractivity contribution in [2.45, 2.75) is 41.0 Å². The average molecular weight is 183 g/mol. The summed E-state index contributed by atoms with van der Waals surface area (Å²) in [4.78, 5) is 2.43. The first kappa shape index (κ1) is 12.5. The lowest BCUT2D eigenvalue weighted by molar-refractivity contribution is 0.296. The molecule has 0 aromatic rings. The molecule has 0 unspecified atom stereocenters. The molecule has 0 heterocycles. The lowest BCUT2D eigenvalue weighted by Gasteiger charge is -2.24. The molecule has 0 saturated carbocycles. The maximum Gasteiger partial charge on any atom is 0.0195 e. The summed E-state index contributed by atoms with van der Waals surface area (Å²) in [6, 6.07) is 0. The average Bonchev–Trinajstić information content (AvgIpc) is 1.98. The van der Waals surface area contributed by atoms with Gasteiger partial charge in [-0.05, 0) is 24.5 Å². The van der Waals surface area contributed by atoms with Crippen molar-refractivity contribution in [1.82, 2.24) is 4.90 Å². The van der Waals surface area contributed by atoms with Gasteiger partial charge < -0.3 is 4.90 Å². The van der Waals surface area contributed by atoms with E-state index in [1.807, 2.05) is 0 Å². The fourth-order valence-electron chi connectivity index (χ4n) is 1.39. The van der Waals surface area contributed by atoms with E-state index in [1.54, 1.807) is 0 Å². The summed E-state index contributed by atoms with van der Waals surface area (Å²) in [5.41, 5.74) is 0. The third kappa shape index (κ3) is 7.89. The molecule has 0 rings (SSSR count). The van der Waals surface area contributed by atoms with E-state index in [0.29, 0.717) is 0 Å². The molecule has 0 N–H and O–H groups in total. The molecule has 78 valence electrons. The first-order chi connectivity index (χ1) is 6.06. The zero-order valence-corrected chi connectivity index (χ0v) is 9.88. The van der Waals surface area contributed by atoms with Crippen molar-refractivity contribution in [1.29, 1.82) is 0 Å². The Bertz CT molecular complexity index is 126. The third-order valence-corrected chi connectivity index (χ3v) is 1.75. The minimum Gasteiger partial charge on any atom is -0.377 e. The summed E-state index contributed by atoms with van der Waals surface area (Å²) in [5, 5.41) is 0. The predicted octanol–water partition coefficient (Wildman–Crippen LogP) is 3.52. The van der Waals surface area contributed by atoms with Crippen molar-refractivity contribution in [3.63, 3.8) is 0 Å². The van der Waals surface area contributed by atoms with Crippen molar-refractivity contribution in [2.24, 2.45) is 11.8 Å². The van der Waals surface area contributed by atoms with Crippen LogP contribution >= 0.6 is 0 Å². The molecule has 0 bridgehead atoms. The van der Waals surface area contributed by atoms with Crippen molar-refractivity contribution >= 4 is 0 Å². The molecular weight excluding hydrogens is 158 g/mol. The molecule has 0 atom stereocenters. The summed E-state index contributed by atoms with van der Waals surface area (Å²) in [6.07, 6.45) is 5.62. The van der Waals surface area contributed by atoms with Gasteiger partial charge in [-0.2, -0.15) is 0 Å². The summed E-state index contributed by atoms with van der Waals surface area (Å²) in [6.45, 7) is 13.6. The van der Waals surface area contributed by atoms with Crippen LogP contribution in [0, 0.1) is 11.8 Å². The number of hydrogen-bond acceptors (Lipinski definition) is 1. The van der Waals surface area contributed by atoms with Gasteiger partial charge in [0.15, 0.2) is 0 Å². The van der Waals surface area contributed by atoms with E-state index in [0.717, 1.165) is 18.3 Å². The van der Waals surface area contributed by atoms with Gasteiger partial charge >= 0.3 is 0 Å². The molecule has 0 aromatic heterocycles. The lowest BCUT2D eigenvalue weighted by atomic mass is 10.1. The standard InChI is InChI=1S/C12H25N/c1-6-7-8-13(9-11(2)3)10-12(4)5/h7-8,11-12H,6,9-10H2,1-5H3. The molecule has 0 aliphatic carbocycles. The van der Waals surface area contributed by atoms with Gasteiger partial charge in [0, 0.05) is 13.1 Å². The molecular formula is C12H25N. The molecule has 13 heavy (non-hydrogen) atoms. The first-order valence-electron chi connectivity index (χ1n) is 5.47. The second kappa shape index (κ2) is 6.99. The van der Waals surface area contributed by atoms with Gasteiger partial charge in [-0.15, -0.1) is 0 Å². The zero-order valence-electron chi connectivity index (χ0n) is 9.88. The normalized spacial score (nSPS) is 11.9. The Kier molecular flexibility index (Phi) is 6.75. The Hall–Kier alpha value is -0.460. The quantitative estimate of drug-likeness (QED) is 0.609. The van der Waals surface area contributed by atoms with Crippen molar-refractivity contribution in [3.8, 4) is 0 Å². The largest absolute Gasteiger partial charge is 0.377 e. The van der Waals surface area contributed by atoms with E-state index in [2.05, 4.69) is 51.8 Å².